The van der Waals surface area contributed by atoms with Crippen LogP contribution in [0.4, 0.5) is 0 Å². The van der Waals surface area contributed by atoms with Crippen LogP contribution in [0.2, 0.25) is 0 Å². The molecule has 0 aliphatic carbocycles. The van der Waals surface area contributed by atoms with E-state index in [0.717, 1.165) is 41.0 Å². The van der Waals surface area contributed by atoms with Gasteiger partial charge in [-0.1, -0.05) is 81.3 Å². The number of nitrogens with one attached hydrogen (secondary N) is 1. The van der Waals surface area contributed by atoms with Crippen molar-refractivity contribution in [1.29, 1.82) is 0 Å². The lowest BCUT2D eigenvalue weighted by molar-refractivity contribution is -0.140. The Kier molecular flexibility index (Phi) is 10.2. The maximum atomic E-state index is 12.9. The molecule has 0 spiro atoms. The lowest BCUT2D eigenvalue weighted by atomic mass is 9.79. The average Bonchev–Trinajstić information content (AvgIpc) is 3.41. The first-order valence-corrected chi connectivity index (χ1v) is 15.4. The van der Waals surface area contributed by atoms with Gasteiger partial charge in [0.25, 0.3) is 5.56 Å². The molecule has 238 valence electrons. The number of aromatic amines is 1. The van der Waals surface area contributed by atoms with E-state index in [1.54, 1.807) is 21.3 Å². The SMILES string of the molecule is CCCC[C@@H](OC(c1ccccc1)(c1ccc(OC)cc1)c1ccc(OC)cc1)[C@H]1O[C@@H](n2ccc(=O)[nH]c2=O)C(OC)[C@H]1C. The minimum absolute atomic E-state index is 0.152. The summed E-state index contributed by atoms with van der Waals surface area (Å²) in [6.07, 6.45) is 1.96. The highest BCUT2D eigenvalue weighted by Gasteiger charge is 2.50. The fraction of sp³-hybridized carbons (Fsp3) is 0.389. The highest BCUT2D eigenvalue weighted by molar-refractivity contribution is 5.50. The van der Waals surface area contributed by atoms with Gasteiger partial charge in [0.05, 0.1) is 26.4 Å². The molecule has 1 fully saturated rings. The van der Waals surface area contributed by atoms with E-state index in [9.17, 15) is 9.59 Å². The number of hydrogen-bond acceptors (Lipinski definition) is 7. The molecule has 1 aliphatic heterocycles. The van der Waals surface area contributed by atoms with Crippen LogP contribution < -0.4 is 20.7 Å². The Morgan fingerprint density at radius 2 is 1.42 bits per heavy atom. The van der Waals surface area contributed by atoms with Gasteiger partial charge in [0, 0.05) is 25.3 Å². The molecule has 9 heteroatoms. The molecule has 5 atom stereocenters. The summed E-state index contributed by atoms with van der Waals surface area (Å²) in [5.41, 5.74) is 0.722. The van der Waals surface area contributed by atoms with Gasteiger partial charge in [0.1, 0.15) is 23.2 Å². The maximum Gasteiger partial charge on any atom is 0.330 e. The molecule has 1 unspecified atom stereocenters. The van der Waals surface area contributed by atoms with Crippen LogP contribution in [0.1, 0.15) is 56.0 Å². The number of rotatable bonds is 13. The van der Waals surface area contributed by atoms with Crippen molar-refractivity contribution >= 4 is 0 Å². The van der Waals surface area contributed by atoms with E-state index in [-0.39, 0.29) is 5.92 Å². The topological polar surface area (TPSA) is 101 Å². The second-order valence-corrected chi connectivity index (χ2v) is 11.4. The Labute approximate surface area is 263 Å². The number of nitrogens with zero attached hydrogens (tertiary/aromatic N) is 1. The molecule has 5 rings (SSSR count). The van der Waals surface area contributed by atoms with Crippen LogP contribution in [0.3, 0.4) is 0 Å². The van der Waals surface area contributed by atoms with Crippen LogP contribution in [-0.2, 0) is 19.8 Å². The van der Waals surface area contributed by atoms with Crippen LogP contribution in [0.15, 0.2) is 101 Å². The number of hydrogen-bond donors (Lipinski definition) is 1. The summed E-state index contributed by atoms with van der Waals surface area (Å²) in [6.45, 7) is 4.21. The number of unbranched alkanes of at least 4 members (excludes halogenated alkanes) is 1. The van der Waals surface area contributed by atoms with Gasteiger partial charge in [-0.2, -0.15) is 0 Å². The van der Waals surface area contributed by atoms with Crippen molar-refractivity contribution in [3.05, 3.63) is 129 Å². The summed E-state index contributed by atoms with van der Waals surface area (Å²) in [5, 5.41) is 0. The molecule has 9 nitrogen and oxygen atoms in total. The van der Waals surface area contributed by atoms with E-state index >= 15 is 0 Å². The molecular formula is C36H42N2O7. The van der Waals surface area contributed by atoms with Crippen LogP contribution in [-0.4, -0.2) is 49.2 Å². The van der Waals surface area contributed by atoms with Crippen LogP contribution in [0.5, 0.6) is 11.5 Å². The van der Waals surface area contributed by atoms with Crippen molar-refractivity contribution in [1.82, 2.24) is 9.55 Å². The van der Waals surface area contributed by atoms with Gasteiger partial charge in [-0.25, -0.2) is 4.79 Å². The molecule has 1 aliphatic rings. The predicted octanol–water partition coefficient (Wildman–Crippen LogP) is 5.67. The highest BCUT2D eigenvalue weighted by atomic mass is 16.6. The van der Waals surface area contributed by atoms with Crippen molar-refractivity contribution < 1.29 is 23.7 Å². The first kappa shape index (κ1) is 32.2. The normalized spacial score (nSPS) is 20.6. The second-order valence-electron chi connectivity index (χ2n) is 11.4. The monoisotopic (exact) mass is 614 g/mol. The van der Waals surface area contributed by atoms with Crippen LogP contribution in [0, 0.1) is 5.92 Å². The number of benzene rings is 3. The Bertz CT molecular complexity index is 1590. The molecule has 1 N–H and O–H groups in total. The predicted molar refractivity (Wildman–Crippen MR) is 172 cm³/mol. The Morgan fingerprint density at radius 1 is 0.844 bits per heavy atom. The summed E-state index contributed by atoms with van der Waals surface area (Å²) in [6, 6.07) is 27.4. The summed E-state index contributed by atoms with van der Waals surface area (Å²) >= 11 is 0. The molecule has 1 saturated heterocycles. The molecule has 0 radical (unpaired) electrons. The summed E-state index contributed by atoms with van der Waals surface area (Å²) in [5.74, 6) is 1.33. The van der Waals surface area contributed by atoms with Crippen molar-refractivity contribution in [2.75, 3.05) is 21.3 Å². The number of aromatic nitrogens is 2. The number of methoxy groups -OCH3 is 3. The first-order valence-electron chi connectivity index (χ1n) is 15.4. The zero-order valence-electron chi connectivity index (χ0n) is 26.5. The molecule has 3 aromatic carbocycles. The smallest absolute Gasteiger partial charge is 0.330 e. The standard InChI is InChI=1S/C36H42N2O7/c1-6-7-13-30(32-24(2)33(43-5)34(44-32)38-23-22-31(39)37-35(38)40)45-36(25-11-9-8-10-12-25,26-14-18-28(41-3)19-15-26)27-16-20-29(42-4)21-17-27/h8-12,14-24,30,32-34H,6-7,13H2,1-5H3,(H,37,39,40)/t24-,30+,32-,33?,34+/m0/s1. The van der Waals surface area contributed by atoms with E-state index < -0.39 is 41.4 Å². The van der Waals surface area contributed by atoms with Gasteiger partial charge in [-0.15, -0.1) is 0 Å². The maximum absolute atomic E-state index is 12.9. The second kappa shape index (κ2) is 14.3. The third-order valence-corrected chi connectivity index (χ3v) is 8.72. The first-order chi connectivity index (χ1) is 21.9. The van der Waals surface area contributed by atoms with Gasteiger partial charge in [-0.3, -0.25) is 14.3 Å². The van der Waals surface area contributed by atoms with Gasteiger partial charge in [-0.05, 0) is 47.4 Å². The minimum atomic E-state index is -1.04. The number of H-pyrrole nitrogens is 1. The summed E-state index contributed by atoms with van der Waals surface area (Å²) < 4.78 is 32.6. The van der Waals surface area contributed by atoms with Crippen LogP contribution >= 0.6 is 0 Å². The highest BCUT2D eigenvalue weighted by Crippen LogP contribution is 2.46. The largest absolute Gasteiger partial charge is 0.497 e. The van der Waals surface area contributed by atoms with E-state index in [4.69, 9.17) is 23.7 Å². The van der Waals surface area contributed by atoms with E-state index in [2.05, 4.69) is 31.0 Å². The molecule has 45 heavy (non-hydrogen) atoms. The lowest BCUT2D eigenvalue weighted by Gasteiger charge is -2.41. The zero-order valence-corrected chi connectivity index (χ0v) is 26.5. The quantitative estimate of drug-likeness (QED) is 0.194. The summed E-state index contributed by atoms with van der Waals surface area (Å²) in [4.78, 5) is 27.0. The fourth-order valence-electron chi connectivity index (χ4n) is 6.37. The lowest BCUT2D eigenvalue weighted by Crippen LogP contribution is -2.43. The molecule has 4 aromatic rings. The van der Waals surface area contributed by atoms with E-state index in [1.807, 2.05) is 66.7 Å². The fourth-order valence-corrected chi connectivity index (χ4v) is 6.37. The van der Waals surface area contributed by atoms with Gasteiger partial charge >= 0.3 is 5.69 Å². The Morgan fingerprint density at radius 3 is 1.93 bits per heavy atom. The third-order valence-electron chi connectivity index (χ3n) is 8.72. The molecule has 0 amide bonds. The molecule has 1 aromatic heterocycles. The van der Waals surface area contributed by atoms with Crippen molar-refractivity contribution in [3.8, 4) is 11.5 Å². The molecule has 2 heterocycles. The summed E-state index contributed by atoms with van der Waals surface area (Å²) in [7, 11) is 4.91. The van der Waals surface area contributed by atoms with E-state index in [0.29, 0.717) is 6.42 Å². The third kappa shape index (κ3) is 6.47. The molecule has 0 bridgehead atoms. The van der Waals surface area contributed by atoms with Crippen molar-refractivity contribution in [3.63, 3.8) is 0 Å². The Balaban J connectivity index is 1.67. The van der Waals surface area contributed by atoms with Gasteiger partial charge in [0.15, 0.2) is 6.23 Å². The van der Waals surface area contributed by atoms with Crippen molar-refractivity contribution in [2.45, 2.75) is 63.3 Å². The average molecular weight is 615 g/mol. The van der Waals surface area contributed by atoms with E-state index in [1.165, 1.54) is 16.8 Å². The van der Waals surface area contributed by atoms with Crippen LogP contribution in [0.25, 0.3) is 0 Å². The Hall–Kier alpha value is -4.18. The minimum Gasteiger partial charge on any atom is -0.497 e. The van der Waals surface area contributed by atoms with Gasteiger partial charge in [0.2, 0.25) is 0 Å². The zero-order chi connectivity index (χ0) is 32.0. The molecule has 0 saturated carbocycles. The van der Waals surface area contributed by atoms with Crippen molar-refractivity contribution in [2.24, 2.45) is 5.92 Å². The number of ether oxygens (including phenoxy) is 5. The van der Waals surface area contributed by atoms with Gasteiger partial charge < -0.3 is 23.7 Å². The molecular weight excluding hydrogens is 572 g/mol.